The molecule has 0 spiro atoms. The second-order valence-corrected chi connectivity index (χ2v) is 22.3. The third-order valence-corrected chi connectivity index (χ3v) is 14.4. The van der Waals surface area contributed by atoms with Gasteiger partial charge in [0.25, 0.3) is 0 Å². The summed E-state index contributed by atoms with van der Waals surface area (Å²) in [4.78, 5) is 38.3. The van der Waals surface area contributed by atoms with E-state index in [9.17, 15) is 14.4 Å². The zero-order valence-corrected chi connectivity index (χ0v) is 53.0. The molecule has 0 fully saturated rings. The van der Waals surface area contributed by atoms with Gasteiger partial charge in [0.15, 0.2) is 6.10 Å². The number of unbranched alkanes of at least 4 members (excludes halogenated alkanes) is 30. The number of carbonyl (C=O) groups excluding carboxylic acids is 3. The monoisotopic (exact) mass is 1120 g/mol. The van der Waals surface area contributed by atoms with E-state index in [1.165, 1.54) is 141 Å². The van der Waals surface area contributed by atoms with Gasteiger partial charge in [-0.15, -0.1) is 0 Å². The quantitative estimate of drug-likeness (QED) is 0.0261. The molecule has 0 bridgehead atoms. The van der Waals surface area contributed by atoms with E-state index in [2.05, 4.69) is 142 Å². The van der Waals surface area contributed by atoms with Gasteiger partial charge >= 0.3 is 17.9 Å². The molecule has 0 saturated carbocycles. The SMILES string of the molecule is CC/C=C\C/C=C\C/C=C\C/C=C\C/C=C\C/C=C\CCCCCCCCC(=O)OC(COC(=O)CCCCCCC/C=C\CCCC)COC(=O)CCCCCCCCCCCCCC/C=C\C/C=C\C/C=C\CCCCCCC. The van der Waals surface area contributed by atoms with Gasteiger partial charge in [-0.05, 0) is 128 Å². The van der Waals surface area contributed by atoms with Crippen molar-refractivity contribution in [2.45, 2.75) is 322 Å². The van der Waals surface area contributed by atoms with Crippen molar-refractivity contribution < 1.29 is 28.6 Å². The van der Waals surface area contributed by atoms with E-state index in [1.807, 2.05) is 0 Å². The van der Waals surface area contributed by atoms with E-state index in [0.29, 0.717) is 19.3 Å². The minimum Gasteiger partial charge on any atom is -0.462 e. The van der Waals surface area contributed by atoms with E-state index in [4.69, 9.17) is 14.2 Å². The highest BCUT2D eigenvalue weighted by Crippen LogP contribution is 2.16. The smallest absolute Gasteiger partial charge is 0.306 e. The predicted molar refractivity (Wildman–Crippen MR) is 353 cm³/mol. The van der Waals surface area contributed by atoms with Gasteiger partial charge in [-0.25, -0.2) is 0 Å². The van der Waals surface area contributed by atoms with E-state index in [1.54, 1.807) is 0 Å². The first kappa shape index (κ1) is 76.8. The summed E-state index contributed by atoms with van der Waals surface area (Å²) >= 11 is 0. The molecule has 6 heteroatoms. The Morgan fingerprint density at radius 3 is 0.802 bits per heavy atom. The minimum atomic E-state index is -0.794. The van der Waals surface area contributed by atoms with Crippen molar-refractivity contribution in [2.75, 3.05) is 13.2 Å². The first-order valence-corrected chi connectivity index (χ1v) is 34.0. The molecule has 0 radical (unpaired) electrons. The van der Waals surface area contributed by atoms with Crippen molar-refractivity contribution in [1.29, 1.82) is 0 Å². The van der Waals surface area contributed by atoms with Crippen LogP contribution in [0.4, 0.5) is 0 Å². The minimum absolute atomic E-state index is 0.0891. The molecule has 6 nitrogen and oxygen atoms in total. The average molecular weight is 1120 g/mol. The number of rotatable bonds is 61. The zero-order chi connectivity index (χ0) is 58.5. The number of hydrogen-bond acceptors (Lipinski definition) is 6. The Morgan fingerprint density at radius 1 is 0.259 bits per heavy atom. The summed E-state index contributed by atoms with van der Waals surface area (Å²) in [5, 5.41) is 0. The van der Waals surface area contributed by atoms with Crippen LogP contribution >= 0.6 is 0 Å². The molecule has 0 saturated heterocycles. The maximum atomic E-state index is 12.9. The fourth-order valence-corrected chi connectivity index (χ4v) is 9.32. The van der Waals surface area contributed by atoms with Crippen LogP contribution in [0.15, 0.2) is 122 Å². The second kappa shape index (κ2) is 68.3. The van der Waals surface area contributed by atoms with Gasteiger partial charge < -0.3 is 14.2 Å². The topological polar surface area (TPSA) is 78.9 Å². The Bertz CT molecular complexity index is 1670. The molecule has 1 unspecified atom stereocenters. The van der Waals surface area contributed by atoms with Crippen LogP contribution in [0, 0.1) is 0 Å². The first-order valence-electron chi connectivity index (χ1n) is 34.0. The molecule has 81 heavy (non-hydrogen) atoms. The molecular weight excluding hydrogens is 997 g/mol. The molecule has 0 amide bonds. The van der Waals surface area contributed by atoms with Gasteiger partial charge in [0.05, 0.1) is 0 Å². The van der Waals surface area contributed by atoms with Gasteiger partial charge in [-0.1, -0.05) is 290 Å². The maximum Gasteiger partial charge on any atom is 0.306 e. The van der Waals surface area contributed by atoms with Crippen molar-refractivity contribution in [3.8, 4) is 0 Å². The molecule has 0 heterocycles. The lowest BCUT2D eigenvalue weighted by Crippen LogP contribution is -2.30. The van der Waals surface area contributed by atoms with Crippen LogP contribution in [0.1, 0.15) is 316 Å². The fraction of sp³-hybridized carbons (Fsp3) is 0.693. The van der Waals surface area contributed by atoms with Crippen molar-refractivity contribution in [3.63, 3.8) is 0 Å². The summed E-state index contributed by atoms with van der Waals surface area (Å²) in [7, 11) is 0. The largest absolute Gasteiger partial charge is 0.462 e. The fourth-order valence-electron chi connectivity index (χ4n) is 9.32. The van der Waals surface area contributed by atoms with E-state index >= 15 is 0 Å². The molecule has 0 aliphatic heterocycles. The van der Waals surface area contributed by atoms with Crippen LogP contribution < -0.4 is 0 Å². The van der Waals surface area contributed by atoms with E-state index < -0.39 is 6.10 Å². The molecule has 0 aromatic carbocycles. The summed E-state index contributed by atoms with van der Waals surface area (Å²) in [5.41, 5.74) is 0. The highest BCUT2D eigenvalue weighted by Gasteiger charge is 2.19. The van der Waals surface area contributed by atoms with Crippen LogP contribution in [-0.4, -0.2) is 37.2 Å². The van der Waals surface area contributed by atoms with Crippen LogP contribution in [0.5, 0.6) is 0 Å². The summed E-state index contributed by atoms with van der Waals surface area (Å²) < 4.78 is 16.9. The standard InChI is InChI=1S/C75H126O6/c1-4-7-10-13-16-19-22-24-26-28-30-32-34-36-37-39-40-42-44-46-48-50-53-56-59-62-65-68-74(77)80-71-72(70-79-73(76)67-64-61-58-55-52-21-18-15-12-9-6-3)81-75(78)69-66-63-60-57-54-51-49-47-45-43-41-38-35-33-31-29-27-25-23-20-17-14-11-8-5-2/h8,11,15,17-18,20,22,24-25,27-28,30-31,33-34,36,38,41,45,47,72H,4-7,9-10,12-14,16,19,21,23,26,29,32,35,37,39-40,42-44,46,48-71H2,1-3H3/b11-8-,18-15-,20-17-,24-22-,27-25-,30-28-,33-31-,36-34-,41-38-,47-45-. The lowest BCUT2D eigenvalue weighted by Gasteiger charge is -2.18. The summed E-state index contributed by atoms with van der Waals surface area (Å²) in [6.45, 7) is 6.47. The van der Waals surface area contributed by atoms with Crippen LogP contribution in [0.3, 0.4) is 0 Å². The summed E-state index contributed by atoms with van der Waals surface area (Å²) in [6.07, 6.45) is 95.0. The molecule has 0 N–H and O–H groups in total. The molecule has 0 rings (SSSR count). The third kappa shape index (κ3) is 66.5. The Hall–Kier alpha value is -4.19. The average Bonchev–Trinajstić information content (AvgIpc) is 3.47. The molecule has 462 valence electrons. The van der Waals surface area contributed by atoms with Gasteiger partial charge in [0, 0.05) is 19.3 Å². The maximum absolute atomic E-state index is 12.9. The molecule has 0 aliphatic rings. The Labute approximate surface area is 501 Å². The Morgan fingerprint density at radius 2 is 0.494 bits per heavy atom. The highest BCUT2D eigenvalue weighted by atomic mass is 16.6. The van der Waals surface area contributed by atoms with Crippen LogP contribution in [-0.2, 0) is 28.6 Å². The summed E-state index contributed by atoms with van der Waals surface area (Å²) in [6, 6.07) is 0. The summed E-state index contributed by atoms with van der Waals surface area (Å²) in [5.74, 6) is -0.909. The van der Waals surface area contributed by atoms with Gasteiger partial charge in [-0.3, -0.25) is 14.4 Å². The Kier molecular flexibility index (Phi) is 64.8. The lowest BCUT2D eigenvalue weighted by molar-refractivity contribution is -0.167. The van der Waals surface area contributed by atoms with Crippen molar-refractivity contribution >= 4 is 17.9 Å². The Balaban J connectivity index is 4.30. The predicted octanol–water partition coefficient (Wildman–Crippen LogP) is 23.6. The highest BCUT2D eigenvalue weighted by molar-refractivity contribution is 5.71. The first-order chi connectivity index (χ1) is 40.0. The number of carbonyl (C=O) groups is 3. The molecular formula is C75H126O6. The van der Waals surface area contributed by atoms with Crippen LogP contribution in [0.2, 0.25) is 0 Å². The van der Waals surface area contributed by atoms with Gasteiger partial charge in [-0.2, -0.15) is 0 Å². The van der Waals surface area contributed by atoms with E-state index in [-0.39, 0.29) is 31.1 Å². The normalized spacial score (nSPS) is 12.9. The van der Waals surface area contributed by atoms with Gasteiger partial charge in [0.1, 0.15) is 13.2 Å². The van der Waals surface area contributed by atoms with Crippen molar-refractivity contribution in [2.24, 2.45) is 0 Å². The molecule has 1 atom stereocenters. The molecule has 0 aromatic rings. The third-order valence-electron chi connectivity index (χ3n) is 14.4. The van der Waals surface area contributed by atoms with E-state index in [0.717, 1.165) is 135 Å². The number of hydrogen-bond donors (Lipinski definition) is 0. The number of esters is 3. The second-order valence-electron chi connectivity index (χ2n) is 22.3. The molecule has 0 aromatic heterocycles. The lowest BCUT2D eigenvalue weighted by atomic mass is 10.0. The van der Waals surface area contributed by atoms with Crippen LogP contribution in [0.25, 0.3) is 0 Å². The number of allylic oxidation sites excluding steroid dienone is 20. The van der Waals surface area contributed by atoms with Crippen molar-refractivity contribution in [3.05, 3.63) is 122 Å². The number of ether oxygens (including phenoxy) is 3. The van der Waals surface area contributed by atoms with Crippen molar-refractivity contribution in [1.82, 2.24) is 0 Å². The molecule has 0 aliphatic carbocycles. The van der Waals surface area contributed by atoms with Gasteiger partial charge in [0.2, 0.25) is 0 Å². The zero-order valence-electron chi connectivity index (χ0n) is 53.0.